The van der Waals surface area contributed by atoms with Gasteiger partial charge in [-0.05, 0) is 110 Å². The van der Waals surface area contributed by atoms with Gasteiger partial charge in [-0.25, -0.2) is 0 Å². The van der Waals surface area contributed by atoms with Crippen molar-refractivity contribution < 1.29 is 26.8 Å². The summed E-state index contributed by atoms with van der Waals surface area (Å²) < 4.78 is 50.2. The molecule has 248 valence electrons. The van der Waals surface area contributed by atoms with E-state index in [9.17, 15) is 8.42 Å². The van der Waals surface area contributed by atoms with Crippen LogP contribution in [0, 0.1) is 13.8 Å². The summed E-state index contributed by atoms with van der Waals surface area (Å²) in [5.74, 6) is 2.41. The number of rotatable bonds is 17. The molecule has 5 aromatic rings. The van der Waals surface area contributed by atoms with Gasteiger partial charge in [0.1, 0.15) is 30.5 Å². The topological polar surface area (TPSA) is 76.0 Å². The smallest absolute Gasteiger partial charge is 0.297 e. The zero-order chi connectivity index (χ0) is 33.2. The highest BCUT2D eigenvalue weighted by Gasteiger charge is 2.18. The zero-order valence-corrected chi connectivity index (χ0v) is 28.6. The van der Waals surface area contributed by atoms with E-state index in [0.29, 0.717) is 18.9 Å². The van der Waals surface area contributed by atoms with Crippen molar-refractivity contribution >= 4 is 21.0 Å². The Hall–Kier alpha value is -4.27. The normalized spacial score (nSPS) is 11.6. The predicted molar refractivity (Wildman–Crippen MR) is 188 cm³/mol. The molecule has 0 N–H and O–H groups in total. The lowest BCUT2D eigenvalue weighted by Crippen LogP contribution is -2.13. The highest BCUT2D eigenvalue weighted by atomic mass is 32.2. The van der Waals surface area contributed by atoms with Crippen LogP contribution in [0.15, 0.2) is 95.9 Å². The highest BCUT2D eigenvalue weighted by Crippen LogP contribution is 2.36. The minimum Gasteiger partial charge on any atom is -0.494 e. The van der Waals surface area contributed by atoms with Gasteiger partial charge in [0.2, 0.25) is 0 Å². The number of hydrogen-bond donors (Lipinski definition) is 0. The van der Waals surface area contributed by atoms with Crippen LogP contribution in [0.4, 0.5) is 0 Å². The van der Waals surface area contributed by atoms with Crippen molar-refractivity contribution in [1.82, 2.24) is 4.57 Å². The lowest BCUT2D eigenvalue weighted by molar-refractivity contribution is 0.221. The predicted octanol–water partition coefficient (Wildman–Crippen LogP) is 9.12. The van der Waals surface area contributed by atoms with Crippen LogP contribution >= 0.6 is 0 Å². The molecule has 1 heterocycles. The summed E-state index contributed by atoms with van der Waals surface area (Å²) >= 11 is 0. The average molecular weight is 656 g/mol. The molecule has 0 aliphatic carbocycles. The molecule has 0 fully saturated rings. The van der Waals surface area contributed by atoms with Gasteiger partial charge in [0.25, 0.3) is 10.1 Å². The van der Waals surface area contributed by atoms with Gasteiger partial charge >= 0.3 is 0 Å². The van der Waals surface area contributed by atoms with E-state index < -0.39 is 10.1 Å². The fourth-order valence-electron chi connectivity index (χ4n) is 5.46. The Morgan fingerprint density at radius 1 is 0.638 bits per heavy atom. The van der Waals surface area contributed by atoms with E-state index in [1.54, 1.807) is 24.3 Å². The van der Waals surface area contributed by atoms with Crippen molar-refractivity contribution in [1.29, 1.82) is 0 Å². The van der Waals surface area contributed by atoms with Gasteiger partial charge < -0.3 is 18.8 Å². The van der Waals surface area contributed by atoms with E-state index in [-0.39, 0.29) is 18.1 Å². The first kappa shape index (κ1) is 34.1. The van der Waals surface area contributed by atoms with Crippen LogP contribution in [0.25, 0.3) is 22.2 Å². The third-order valence-electron chi connectivity index (χ3n) is 8.11. The van der Waals surface area contributed by atoms with E-state index in [1.807, 2.05) is 43.3 Å². The average Bonchev–Trinajstić information content (AvgIpc) is 3.34. The van der Waals surface area contributed by atoms with Gasteiger partial charge in [0, 0.05) is 17.4 Å². The highest BCUT2D eigenvalue weighted by molar-refractivity contribution is 7.86. The Morgan fingerprint density at radius 3 is 1.85 bits per heavy atom. The summed E-state index contributed by atoms with van der Waals surface area (Å²) in [5.41, 5.74) is 6.69. The Kier molecular flexibility index (Phi) is 11.6. The molecule has 0 atom stereocenters. The first-order chi connectivity index (χ1) is 22.8. The van der Waals surface area contributed by atoms with Gasteiger partial charge in [-0.1, -0.05) is 56.5 Å². The number of benzene rings is 4. The molecule has 0 aliphatic rings. The van der Waals surface area contributed by atoms with Crippen molar-refractivity contribution in [2.75, 3.05) is 26.4 Å². The van der Waals surface area contributed by atoms with E-state index in [4.69, 9.17) is 18.4 Å². The molecule has 0 aliphatic heterocycles. The number of hydrogen-bond acceptors (Lipinski definition) is 6. The second-order valence-corrected chi connectivity index (χ2v) is 13.4. The van der Waals surface area contributed by atoms with Crippen molar-refractivity contribution in [3.8, 4) is 28.5 Å². The van der Waals surface area contributed by atoms with Gasteiger partial charge in [-0.15, -0.1) is 0 Å². The summed E-state index contributed by atoms with van der Waals surface area (Å²) in [6, 6.07) is 29.2. The number of aryl methyl sites for hydroxylation is 2. The van der Waals surface area contributed by atoms with Gasteiger partial charge in [0.15, 0.2) is 0 Å². The Morgan fingerprint density at radius 2 is 1.21 bits per heavy atom. The van der Waals surface area contributed by atoms with Crippen molar-refractivity contribution in [3.63, 3.8) is 0 Å². The summed E-state index contributed by atoms with van der Waals surface area (Å²) in [6.45, 7) is 10.5. The standard InChI is InChI=1S/C39H45NO6S/c1-5-7-23-43-34-17-13-32(14-18-34)39-30(4)37-27-35(44-24-8-6-2)19-22-38(37)40(39)28-31-11-15-33(16-12-31)45-25-26-46-47(41,42)36-20-9-29(3)10-21-36/h9-22,27H,5-8,23-26,28H2,1-4H3. The molecule has 0 radical (unpaired) electrons. The maximum Gasteiger partial charge on any atom is 0.297 e. The Labute approximate surface area is 279 Å². The molecule has 0 saturated carbocycles. The van der Waals surface area contributed by atoms with Gasteiger partial charge in [-0.2, -0.15) is 8.42 Å². The number of unbranched alkanes of at least 4 members (excludes halogenated alkanes) is 2. The quantitative estimate of drug-likeness (QED) is 0.0735. The minimum atomic E-state index is -3.83. The first-order valence-corrected chi connectivity index (χ1v) is 17.9. The fraction of sp³-hybridized carbons (Fsp3) is 0.333. The first-order valence-electron chi connectivity index (χ1n) is 16.5. The summed E-state index contributed by atoms with van der Waals surface area (Å²) in [5, 5.41) is 1.16. The van der Waals surface area contributed by atoms with Crippen molar-refractivity contribution in [2.45, 2.75) is 64.8 Å². The van der Waals surface area contributed by atoms with Crippen LogP contribution < -0.4 is 14.2 Å². The number of aromatic nitrogens is 1. The number of ether oxygens (including phenoxy) is 3. The minimum absolute atomic E-state index is 0.0808. The SMILES string of the molecule is CCCCOc1ccc(-c2c(C)c3cc(OCCCC)ccc3n2Cc2ccc(OCCOS(=O)(=O)c3ccc(C)cc3)cc2)cc1. The molecule has 47 heavy (non-hydrogen) atoms. The van der Waals surface area contributed by atoms with Gasteiger partial charge in [-0.3, -0.25) is 4.18 Å². The fourth-order valence-corrected chi connectivity index (χ4v) is 6.35. The maximum absolute atomic E-state index is 12.5. The van der Waals surface area contributed by atoms with Crippen LogP contribution in [0.1, 0.15) is 56.2 Å². The molecule has 5 rings (SSSR count). The van der Waals surface area contributed by atoms with E-state index in [1.165, 1.54) is 5.56 Å². The molecule has 0 unspecified atom stereocenters. The monoisotopic (exact) mass is 655 g/mol. The maximum atomic E-state index is 12.5. The van der Waals surface area contributed by atoms with Crippen LogP contribution in [0.5, 0.6) is 17.2 Å². The molecule has 1 aromatic heterocycles. The van der Waals surface area contributed by atoms with Crippen LogP contribution in [0.2, 0.25) is 0 Å². The molecule has 4 aromatic carbocycles. The van der Waals surface area contributed by atoms with Crippen LogP contribution in [0.3, 0.4) is 0 Å². The summed E-state index contributed by atoms with van der Waals surface area (Å²) in [4.78, 5) is 0.135. The lowest BCUT2D eigenvalue weighted by atomic mass is 10.1. The van der Waals surface area contributed by atoms with Crippen LogP contribution in [-0.2, 0) is 20.8 Å². The zero-order valence-electron chi connectivity index (χ0n) is 27.8. The summed E-state index contributed by atoms with van der Waals surface area (Å²) in [6.07, 6.45) is 4.25. The van der Waals surface area contributed by atoms with Crippen molar-refractivity contribution in [3.05, 3.63) is 108 Å². The van der Waals surface area contributed by atoms with E-state index >= 15 is 0 Å². The molecule has 8 heteroatoms. The van der Waals surface area contributed by atoms with E-state index in [2.05, 4.69) is 55.7 Å². The molecule has 0 amide bonds. The molecular weight excluding hydrogens is 610 g/mol. The molecule has 0 bridgehead atoms. The number of nitrogens with zero attached hydrogens (tertiary/aromatic N) is 1. The lowest BCUT2D eigenvalue weighted by Gasteiger charge is -2.14. The largest absolute Gasteiger partial charge is 0.494 e. The number of fused-ring (bicyclic) bond motifs is 1. The molecular formula is C39H45NO6S. The second-order valence-electron chi connectivity index (χ2n) is 11.7. The molecule has 0 spiro atoms. The Balaban J connectivity index is 1.32. The Bertz CT molecular complexity index is 1840. The van der Waals surface area contributed by atoms with Crippen LogP contribution in [-0.4, -0.2) is 39.4 Å². The van der Waals surface area contributed by atoms with E-state index in [0.717, 1.165) is 77.1 Å². The third kappa shape index (κ3) is 8.76. The molecule has 7 nitrogen and oxygen atoms in total. The third-order valence-corrected chi connectivity index (χ3v) is 9.44. The van der Waals surface area contributed by atoms with Crippen molar-refractivity contribution in [2.24, 2.45) is 0 Å². The second kappa shape index (κ2) is 16.0. The molecule has 0 saturated heterocycles. The van der Waals surface area contributed by atoms with Gasteiger partial charge in [0.05, 0.1) is 23.8 Å². The summed E-state index contributed by atoms with van der Waals surface area (Å²) in [7, 11) is -3.83.